The molecule has 2 heteroatoms. The Bertz CT molecular complexity index is 134. The highest BCUT2D eigenvalue weighted by atomic mass is 35.5. The summed E-state index contributed by atoms with van der Waals surface area (Å²) in [5, 5.41) is 0. The molecular weight excluding hydrogens is 280 g/mol. The predicted octanol–water partition coefficient (Wildman–Crippen LogP) is 6.04. The van der Waals surface area contributed by atoms with Gasteiger partial charge in [0.15, 0.2) is 0 Å². The van der Waals surface area contributed by atoms with Gasteiger partial charge in [0, 0.05) is 5.88 Å². The third kappa shape index (κ3) is 20.8. The fourth-order valence-corrected chi connectivity index (χ4v) is 2.83. The molecular formula is C18H41ClSi. The van der Waals surface area contributed by atoms with E-state index in [0.717, 1.165) is 5.88 Å². The molecule has 0 aromatic rings. The van der Waals surface area contributed by atoms with Crippen LogP contribution in [0, 0.1) is 0 Å². The van der Waals surface area contributed by atoms with Gasteiger partial charge in [0.05, 0.1) is 0 Å². The van der Waals surface area contributed by atoms with E-state index in [4.69, 9.17) is 11.6 Å². The van der Waals surface area contributed by atoms with Gasteiger partial charge in [-0.2, -0.15) is 0 Å². The molecule has 0 aromatic carbocycles. The number of alkyl halides is 1. The van der Waals surface area contributed by atoms with Crippen molar-refractivity contribution in [2.24, 2.45) is 0 Å². The second-order valence-electron chi connectivity index (χ2n) is 5.99. The summed E-state index contributed by atoms with van der Waals surface area (Å²) in [4.78, 5) is 0. The highest BCUT2D eigenvalue weighted by Gasteiger charge is 1.94. The van der Waals surface area contributed by atoms with E-state index < -0.39 is 0 Å². The van der Waals surface area contributed by atoms with Crippen LogP contribution in [-0.4, -0.2) is 16.8 Å². The lowest BCUT2D eigenvalue weighted by Crippen LogP contribution is -1.83. The van der Waals surface area contributed by atoms with Crippen molar-refractivity contribution in [3.05, 3.63) is 0 Å². The maximum Gasteiger partial charge on any atom is 0.0223 e. The summed E-state index contributed by atoms with van der Waals surface area (Å²) < 4.78 is 0. The largest absolute Gasteiger partial charge is 0.127 e. The molecule has 0 amide bonds. The van der Waals surface area contributed by atoms with Crippen molar-refractivity contribution in [1.29, 1.82) is 0 Å². The monoisotopic (exact) mass is 320 g/mol. The highest BCUT2D eigenvalue weighted by Crippen LogP contribution is 2.13. The van der Waals surface area contributed by atoms with Crippen LogP contribution in [0.25, 0.3) is 0 Å². The minimum absolute atomic E-state index is 0. The van der Waals surface area contributed by atoms with Crippen LogP contribution in [0.1, 0.15) is 110 Å². The minimum atomic E-state index is 0. The topological polar surface area (TPSA) is 0 Å². The van der Waals surface area contributed by atoms with Crippen LogP contribution in [0.2, 0.25) is 0 Å². The maximum atomic E-state index is 5.66. The van der Waals surface area contributed by atoms with Gasteiger partial charge in [-0.15, -0.1) is 11.6 Å². The molecule has 0 fully saturated rings. The van der Waals surface area contributed by atoms with Crippen LogP contribution in [0.15, 0.2) is 0 Å². The second-order valence-corrected chi connectivity index (χ2v) is 6.37. The molecule has 0 spiro atoms. The van der Waals surface area contributed by atoms with Gasteiger partial charge in [0.25, 0.3) is 0 Å². The first-order chi connectivity index (χ1) is 9.41. The zero-order valence-corrected chi connectivity index (χ0v) is 14.2. The molecule has 0 rings (SSSR count). The zero-order valence-electron chi connectivity index (χ0n) is 13.4. The van der Waals surface area contributed by atoms with Crippen molar-refractivity contribution in [1.82, 2.24) is 0 Å². The first kappa shape index (κ1) is 22.8. The van der Waals surface area contributed by atoms with E-state index in [1.807, 2.05) is 0 Å². The van der Waals surface area contributed by atoms with Gasteiger partial charge in [0.1, 0.15) is 0 Å². The molecule has 0 radical (unpaired) electrons. The van der Waals surface area contributed by atoms with E-state index in [1.54, 1.807) is 0 Å². The molecule has 0 saturated carbocycles. The standard InChI is InChI=1S/C18H37Cl.H4Si/c1-2-3-4-5-6-7-8-9-10-11-12-13-14-15-16-17-18-19;/h2-18H2,1H3;1H4. The van der Waals surface area contributed by atoms with Gasteiger partial charge in [-0.3, -0.25) is 0 Å². The number of rotatable bonds is 16. The molecule has 0 aliphatic rings. The van der Waals surface area contributed by atoms with Crippen molar-refractivity contribution >= 4 is 22.6 Å². The SMILES string of the molecule is CCCCCCCCCCCCCCCCCCCl.[SiH4]. The van der Waals surface area contributed by atoms with E-state index in [2.05, 4.69) is 6.92 Å². The Morgan fingerprint density at radius 1 is 0.450 bits per heavy atom. The van der Waals surface area contributed by atoms with Gasteiger partial charge in [0.2, 0.25) is 0 Å². The second kappa shape index (κ2) is 21.8. The molecule has 0 bridgehead atoms. The summed E-state index contributed by atoms with van der Waals surface area (Å²) in [5.74, 6) is 0.846. The molecule has 0 nitrogen and oxygen atoms in total. The van der Waals surface area contributed by atoms with Crippen molar-refractivity contribution in [2.75, 3.05) is 5.88 Å². The lowest BCUT2D eigenvalue weighted by molar-refractivity contribution is 0.531. The van der Waals surface area contributed by atoms with Gasteiger partial charge in [-0.05, 0) is 17.4 Å². The number of halogens is 1. The first-order valence-electron chi connectivity index (χ1n) is 8.97. The molecule has 0 unspecified atom stereocenters. The van der Waals surface area contributed by atoms with E-state index in [9.17, 15) is 0 Å². The van der Waals surface area contributed by atoms with Crippen molar-refractivity contribution < 1.29 is 0 Å². The third-order valence-corrected chi connectivity index (χ3v) is 4.25. The van der Waals surface area contributed by atoms with Crippen LogP contribution < -0.4 is 0 Å². The molecule has 0 aliphatic heterocycles. The molecule has 0 saturated heterocycles. The van der Waals surface area contributed by atoms with Gasteiger partial charge in [-0.1, -0.05) is 103 Å². The number of hydrogen-bond acceptors (Lipinski definition) is 0. The van der Waals surface area contributed by atoms with Crippen LogP contribution in [0.5, 0.6) is 0 Å². The lowest BCUT2D eigenvalue weighted by atomic mass is 10.0. The van der Waals surface area contributed by atoms with Crippen LogP contribution in [0.4, 0.5) is 0 Å². The van der Waals surface area contributed by atoms with E-state index >= 15 is 0 Å². The van der Waals surface area contributed by atoms with Crippen LogP contribution in [0.3, 0.4) is 0 Å². The van der Waals surface area contributed by atoms with Crippen molar-refractivity contribution in [3.8, 4) is 0 Å². The average Bonchev–Trinajstić information content (AvgIpc) is 2.43. The predicted molar refractivity (Wildman–Crippen MR) is 102 cm³/mol. The Labute approximate surface area is 138 Å². The molecule has 0 heterocycles. The molecule has 124 valence electrons. The minimum Gasteiger partial charge on any atom is -0.127 e. The zero-order chi connectivity index (χ0) is 14.0. The fourth-order valence-electron chi connectivity index (χ4n) is 2.64. The van der Waals surface area contributed by atoms with Gasteiger partial charge < -0.3 is 0 Å². The van der Waals surface area contributed by atoms with Gasteiger partial charge >= 0.3 is 0 Å². The Hall–Kier alpha value is 0.507. The quantitative estimate of drug-likeness (QED) is 0.185. The van der Waals surface area contributed by atoms with E-state index in [1.165, 1.54) is 103 Å². The van der Waals surface area contributed by atoms with Crippen molar-refractivity contribution in [3.63, 3.8) is 0 Å². The molecule has 0 atom stereocenters. The summed E-state index contributed by atoms with van der Waals surface area (Å²) in [6.07, 6.45) is 22.8. The summed E-state index contributed by atoms with van der Waals surface area (Å²) in [5.41, 5.74) is 0. The maximum absolute atomic E-state index is 5.66. The van der Waals surface area contributed by atoms with Gasteiger partial charge in [-0.25, -0.2) is 0 Å². The molecule has 0 N–H and O–H groups in total. The molecule has 20 heavy (non-hydrogen) atoms. The lowest BCUT2D eigenvalue weighted by Gasteiger charge is -2.03. The molecule has 0 aromatic heterocycles. The van der Waals surface area contributed by atoms with Crippen LogP contribution in [-0.2, 0) is 0 Å². The normalized spacial score (nSPS) is 10.5. The molecule has 0 aliphatic carbocycles. The smallest absolute Gasteiger partial charge is 0.0223 e. The number of hydrogen-bond donors (Lipinski definition) is 0. The third-order valence-electron chi connectivity index (χ3n) is 3.99. The summed E-state index contributed by atoms with van der Waals surface area (Å²) in [7, 11) is 0. The Morgan fingerprint density at radius 2 is 0.700 bits per heavy atom. The van der Waals surface area contributed by atoms with Crippen LogP contribution >= 0.6 is 11.6 Å². The average molecular weight is 321 g/mol. The number of unbranched alkanes of at least 4 members (excludes halogenated alkanes) is 15. The fraction of sp³-hybridized carbons (Fsp3) is 1.00. The summed E-state index contributed by atoms with van der Waals surface area (Å²) >= 11 is 5.66. The Kier molecular flexibility index (Phi) is 24.8. The van der Waals surface area contributed by atoms with Crippen molar-refractivity contribution in [2.45, 2.75) is 110 Å². The highest BCUT2D eigenvalue weighted by molar-refractivity contribution is 6.17. The van der Waals surface area contributed by atoms with E-state index in [0.29, 0.717) is 0 Å². The summed E-state index contributed by atoms with van der Waals surface area (Å²) in [6, 6.07) is 0. The Balaban J connectivity index is 0. The summed E-state index contributed by atoms with van der Waals surface area (Å²) in [6.45, 7) is 2.29. The first-order valence-corrected chi connectivity index (χ1v) is 9.51. The Morgan fingerprint density at radius 3 is 0.950 bits per heavy atom. The van der Waals surface area contributed by atoms with E-state index in [-0.39, 0.29) is 11.0 Å².